The van der Waals surface area contributed by atoms with Crippen LogP contribution in [0.2, 0.25) is 0 Å². The lowest BCUT2D eigenvalue weighted by Gasteiger charge is -2.19. The van der Waals surface area contributed by atoms with Gasteiger partial charge in [0.05, 0.1) is 5.57 Å². The Hall–Kier alpha value is -2.47. The van der Waals surface area contributed by atoms with E-state index in [4.69, 9.17) is 0 Å². The maximum absolute atomic E-state index is 13.2. The van der Waals surface area contributed by atoms with Gasteiger partial charge in [-0.25, -0.2) is 4.39 Å². The number of hydrogen-bond acceptors (Lipinski definition) is 3. The number of benzene rings is 2. The van der Waals surface area contributed by atoms with E-state index in [0.29, 0.717) is 11.3 Å². The van der Waals surface area contributed by atoms with E-state index in [1.165, 1.54) is 29.2 Å². The molecule has 1 heterocycles. The van der Waals surface area contributed by atoms with Crippen LogP contribution >= 0.6 is 15.9 Å². The van der Waals surface area contributed by atoms with E-state index in [1.807, 2.05) is 18.2 Å². The van der Waals surface area contributed by atoms with E-state index in [1.54, 1.807) is 19.9 Å². The van der Waals surface area contributed by atoms with Gasteiger partial charge in [-0.15, -0.1) is 0 Å². The molecule has 25 heavy (non-hydrogen) atoms. The van der Waals surface area contributed by atoms with Gasteiger partial charge in [-0.05, 0) is 49.7 Å². The fraction of sp³-hybridized carbons (Fsp3) is 0.158. The first-order valence-corrected chi connectivity index (χ1v) is 8.58. The third-order valence-corrected chi connectivity index (χ3v) is 4.35. The van der Waals surface area contributed by atoms with Crippen molar-refractivity contribution in [2.24, 2.45) is 0 Å². The van der Waals surface area contributed by atoms with Crippen molar-refractivity contribution in [2.45, 2.75) is 19.9 Å². The monoisotopic (exact) mass is 402 g/mol. The van der Waals surface area contributed by atoms with Gasteiger partial charge >= 0.3 is 0 Å². The van der Waals surface area contributed by atoms with Crippen LogP contribution in [0.3, 0.4) is 0 Å². The van der Waals surface area contributed by atoms with Gasteiger partial charge in [0.2, 0.25) is 0 Å². The molecule has 128 valence electrons. The molecule has 3 rings (SSSR count). The number of nitrogens with zero attached hydrogens (tertiary/aromatic N) is 1. The number of carbonyl (C=O) groups excluding carboxylic acids is 2. The molecule has 0 saturated carbocycles. The summed E-state index contributed by atoms with van der Waals surface area (Å²) in [5.41, 5.74) is 1.62. The molecule has 1 aliphatic rings. The first-order chi connectivity index (χ1) is 11.9. The number of anilines is 1. The highest BCUT2D eigenvalue weighted by molar-refractivity contribution is 9.10. The maximum atomic E-state index is 13.2. The Kier molecular flexibility index (Phi) is 4.72. The van der Waals surface area contributed by atoms with Crippen molar-refractivity contribution in [1.82, 2.24) is 4.90 Å². The second-order valence-electron chi connectivity index (χ2n) is 5.97. The summed E-state index contributed by atoms with van der Waals surface area (Å²) >= 11 is 3.38. The van der Waals surface area contributed by atoms with Crippen molar-refractivity contribution in [3.05, 3.63) is 70.1 Å². The molecule has 2 amide bonds. The van der Waals surface area contributed by atoms with Crippen molar-refractivity contribution in [3.63, 3.8) is 0 Å². The predicted molar refractivity (Wildman–Crippen MR) is 98.1 cm³/mol. The Morgan fingerprint density at radius 3 is 2.32 bits per heavy atom. The molecule has 0 saturated heterocycles. The Labute approximate surface area is 153 Å². The van der Waals surface area contributed by atoms with E-state index in [-0.39, 0.29) is 29.1 Å². The average Bonchev–Trinajstić information content (AvgIpc) is 2.79. The maximum Gasteiger partial charge on any atom is 0.278 e. The van der Waals surface area contributed by atoms with Crippen LogP contribution in [0.1, 0.15) is 19.4 Å². The number of nitrogens with one attached hydrogen (secondary N) is 1. The SMILES string of the molecule is CC(C)N1C(=O)C(Nc2cccc(Br)c2)=C(c2ccc(F)cc2)C1=O. The summed E-state index contributed by atoms with van der Waals surface area (Å²) in [6.07, 6.45) is 0. The van der Waals surface area contributed by atoms with Crippen LogP contribution in [0.15, 0.2) is 58.7 Å². The molecule has 0 aromatic heterocycles. The minimum atomic E-state index is -0.400. The van der Waals surface area contributed by atoms with E-state index in [2.05, 4.69) is 21.2 Å². The summed E-state index contributed by atoms with van der Waals surface area (Å²) in [5, 5.41) is 3.05. The quantitative estimate of drug-likeness (QED) is 0.779. The number of rotatable bonds is 4. The molecular weight excluding hydrogens is 387 g/mol. The third-order valence-electron chi connectivity index (χ3n) is 3.86. The lowest BCUT2D eigenvalue weighted by Crippen LogP contribution is -2.38. The Morgan fingerprint density at radius 2 is 1.72 bits per heavy atom. The topological polar surface area (TPSA) is 49.4 Å². The van der Waals surface area contributed by atoms with Crippen LogP contribution in [-0.2, 0) is 9.59 Å². The minimum Gasteiger partial charge on any atom is -0.350 e. The van der Waals surface area contributed by atoms with Crippen LogP contribution in [0.4, 0.5) is 10.1 Å². The summed E-state index contributed by atoms with van der Waals surface area (Å²) in [6, 6.07) is 12.6. The number of amides is 2. The molecule has 1 aliphatic heterocycles. The van der Waals surface area contributed by atoms with Gasteiger partial charge < -0.3 is 5.32 Å². The molecule has 0 spiro atoms. The lowest BCUT2D eigenvalue weighted by molar-refractivity contribution is -0.138. The predicted octanol–water partition coefficient (Wildman–Crippen LogP) is 4.19. The van der Waals surface area contributed by atoms with Crippen molar-refractivity contribution in [3.8, 4) is 0 Å². The molecule has 0 fully saturated rings. The molecular formula is C19H16BrFN2O2. The van der Waals surface area contributed by atoms with Crippen molar-refractivity contribution < 1.29 is 14.0 Å². The van der Waals surface area contributed by atoms with Crippen LogP contribution in [-0.4, -0.2) is 22.8 Å². The molecule has 4 nitrogen and oxygen atoms in total. The molecule has 0 aliphatic carbocycles. The second kappa shape index (κ2) is 6.80. The molecule has 0 bridgehead atoms. The third kappa shape index (κ3) is 3.35. The van der Waals surface area contributed by atoms with Gasteiger partial charge in [-0.3, -0.25) is 14.5 Å². The van der Waals surface area contributed by atoms with Crippen molar-refractivity contribution in [2.75, 3.05) is 5.32 Å². The average molecular weight is 403 g/mol. The van der Waals surface area contributed by atoms with Gasteiger partial charge in [-0.2, -0.15) is 0 Å². The smallest absolute Gasteiger partial charge is 0.278 e. The van der Waals surface area contributed by atoms with Gasteiger partial charge in [0.25, 0.3) is 11.8 Å². The number of halogens is 2. The summed E-state index contributed by atoms with van der Waals surface area (Å²) in [6.45, 7) is 3.56. The minimum absolute atomic E-state index is 0.198. The van der Waals surface area contributed by atoms with Crippen molar-refractivity contribution in [1.29, 1.82) is 0 Å². The van der Waals surface area contributed by atoms with Gasteiger partial charge in [0, 0.05) is 16.2 Å². The summed E-state index contributed by atoms with van der Waals surface area (Å²) in [4.78, 5) is 26.8. The first kappa shape index (κ1) is 17.4. The molecule has 1 N–H and O–H groups in total. The molecule has 0 unspecified atom stereocenters. The second-order valence-corrected chi connectivity index (χ2v) is 6.88. The zero-order valence-electron chi connectivity index (χ0n) is 13.7. The van der Waals surface area contributed by atoms with Crippen LogP contribution in [0.5, 0.6) is 0 Å². The fourth-order valence-electron chi connectivity index (χ4n) is 2.73. The van der Waals surface area contributed by atoms with E-state index < -0.39 is 5.82 Å². The van der Waals surface area contributed by atoms with E-state index in [0.717, 1.165) is 4.47 Å². The number of imide groups is 1. The van der Waals surface area contributed by atoms with Gasteiger partial charge in [0.1, 0.15) is 11.5 Å². The first-order valence-electron chi connectivity index (χ1n) is 7.79. The fourth-order valence-corrected chi connectivity index (χ4v) is 3.13. The number of carbonyl (C=O) groups is 2. The van der Waals surface area contributed by atoms with Crippen LogP contribution in [0, 0.1) is 5.82 Å². The highest BCUT2D eigenvalue weighted by Gasteiger charge is 2.40. The zero-order chi connectivity index (χ0) is 18.1. The lowest BCUT2D eigenvalue weighted by atomic mass is 10.0. The largest absolute Gasteiger partial charge is 0.350 e. The highest BCUT2D eigenvalue weighted by atomic mass is 79.9. The number of hydrogen-bond donors (Lipinski definition) is 1. The molecule has 0 radical (unpaired) electrons. The Morgan fingerprint density at radius 1 is 1.04 bits per heavy atom. The normalized spacial score (nSPS) is 14.7. The van der Waals surface area contributed by atoms with Crippen molar-refractivity contribution >= 4 is 39.0 Å². The molecule has 6 heteroatoms. The van der Waals surface area contributed by atoms with E-state index >= 15 is 0 Å². The van der Waals surface area contributed by atoms with Gasteiger partial charge in [-0.1, -0.05) is 34.1 Å². The Bertz CT molecular complexity index is 875. The highest BCUT2D eigenvalue weighted by Crippen LogP contribution is 2.32. The van der Waals surface area contributed by atoms with E-state index in [9.17, 15) is 14.0 Å². The molecule has 2 aromatic rings. The summed E-state index contributed by atoms with van der Waals surface area (Å²) < 4.78 is 14.1. The summed E-state index contributed by atoms with van der Waals surface area (Å²) in [7, 11) is 0. The summed E-state index contributed by atoms with van der Waals surface area (Å²) in [5.74, 6) is -1.17. The standard InChI is InChI=1S/C19H16BrFN2O2/c1-11(2)23-18(24)16(12-6-8-14(21)9-7-12)17(19(23)25)22-15-5-3-4-13(20)10-15/h3-11,22H,1-2H3. The zero-order valence-corrected chi connectivity index (χ0v) is 15.3. The molecule has 2 aromatic carbocycles. The van der Waals surface area contributed by atoms with Crippen LogP contribution in [0.25, 0.3) is 5.57 Å². The van der Waals surface area contributed by atoms with Gasteiger partial charge in [0.15, 0.2) is 0 Å². The Balaban J connectivity index is 2.10. The van der Waals surface area contributed by atoms with Crippen LogP contribution < -0.4 is 5.32 Å². The molecule has 0 atom stereocenters.